The summed E-state index contributed by atoms with van der Waals surface area (Å²) in [6.07, 6.45) is 2.20. The molecular formula is C13H14ClNO3. The van der Waals surface area contributed by atoms with Crippen molar-refractivity contribution in [1.29, 1.82) is 0 Å². The lowest BCUT2D eigenvalue weighted by Crippen LogP contribution is -2.51. The average molecular weight is 268 g/mol. The van der Waals surface area contributed by atoms with Crippen molar-refractivity contribution >= 4 is 23.5 Å². The summed E-state index contributed by atoms with van der Waals surface area (Å²) in [7, 11) is 0. The number of carboxylic acid groups (broad SMARTS) is 1. The molecule has 2 rings (SSSR count). The topological polar surface area (TPSA) is 66.4 Å². The number of nitrogens with one attached hydrogen (secondary N) is 1. The maximum atomic E-state index is 11.6. The third-order valence-corrected chi connectivity index (χ3v) is 3.55. The van der Waals surface area contributed by atoms with E-state index in [4.69, 9.17) is 16.7 Å². The van der Waals surface area contributed by atoms with Gasteiger partial charge in [-0.15, -0.1) is 0 Å². The number of benzene rings is 1. The molecule has 0 heterocycles. The fourth-order valence-corrected chi connectivity index (χ4v) is 2.36. The number of aliphatic carboxylic acids is 1. The van der Waals surface area contributed by atoms with Crippen molar-refractivity contribution in [3.63, 3.8) is 0 Å². The van der Waals surface area contributed by atoms with Gasteiger partial charge in [0, 0.05) is 5.02 Å². The van der Waals surface area contributed by atoms with Crippen LogP contribution in [-0.4, -0.2) is 17.0 Å². The van der Waals surface area contributed by atoms with E-state index < -0.39 is 23.8 Å². The Hall–Kier alpha value is -1.55. The van der Waals surface area contributed by atoms with Crippen molar-refractivity contribution in [2.45, 2.75) is 31.2 Å². The van der Waals surface area contributed by atoms with E-state index in [9.17, 15) is 9.59 Å². The number of hydrogen-bond donors (Lipinski definition) is 2. The van der Waals surface area contributed by atoms with Crippen molar-refractivity contribution in [2.75, 3.05) is 0 Å². The van der Waals surface area contributed by atoms with Crippen LogP contribution in [0.3, 0.4) is 0 Å². The molecule has 2 N–H and O–H groups in total. The standard InChI is InChI=1S/C13H14ClNO3/c14-10-4-2-9(3-5-10)13(6-1-7-13)15-11(16)8-12(17)18/h2-5H,1,6-8H2,(H,15,16)(H,17,18). The number of carbonyl (C=O) groups is 2. The lowest BCUT2D eigenvalue weighted by molar-refractivity contribution is -0.141. The van der Waals surface area contributed by atoms with E-state index in [2.05, 4.69) is 5.32 Å². The molecule has 0 spiro atoms. The highest BCUT2D eigenvalue weighted by molar-refractivity contribution is 6.30. The van der Waals surface area contributed by atoms with Gasteiger partial charge < -0.3 is 10.4 Å². The first-order valence-electron chi connectivity index (χ1n) is 5.81. The second-order valence-corrected chi connectivity index (χ2v) is 5.00. The zero-order valence-electron chi connectivity index (χ0n) is 9.78. The number of carboxylic acids is 1. The minimum absolute atomic E-state index is 0.406. The summed E-state index contributed by atoms with van der Waals surface area (Å²) in [5.74, 6) is -1.56. The molecule has 96 valence electrons. The van der Waals surface area contributed by atoms with Crippen LogP contribution in [-0.2, 0) is 15.1 Å². The molecule has 1 aromatic rings. The lowest BCUT2D eigenvalue weighted by atomic mass is 9.71. The van der Waals surface area contributed by atoms with Crippen LogP contribution in [0.25, 0.3) is 0 Å². The summed E-state index contributed by atoms with van der Waals surface area (Å²) in [4.78, 5) is 22.1. The number of halogens is 1. The Morgan fingerprint density at radius 2 is 1.89 bits per heavy atom. The Balaban J connectivity index is 2.13. The zero-order chi connectivity index (χ0) is 13.2. The van der Waals surface area contributed by atoms with Crippen LogP contribution in [0.4, 0.5) is 0 Å². The molecule has 0 aliphatic heterocycles. The molecule has 1 aromatic carbocycles. The van der Waals surface area contributed by atoms with Gasteiger partial charge in [0.1, 0.15) is 6.42 Å². The van der Waals surface area contributed by atoms with Crippen LogP contribution >= 0.6 is 11.6 Å². The lowest BCUT2D eigenvalue weighted by Gasteiger charge is -2.43. The number of carbonyl (C=O) groups excluding carboxylic acids is 1. The van der Waals surface area contributed by atoms with Gasteiger partial charge >= 0.3 is 5.97 Å². The second kappa shape index (κ2) is 4.98. The van der Waals surface area contributed by atoms with Crippen molar-refractivity contribution in [1.82, 2.24) is 5.32 Å². The quantitative estimate of drug-likeness (QED) is 0.823. The molecule has 0 unspecified atom stereocenters. The Bertz CT molecular complexity index is 466. The van der Waals surface area contributed by atoms with E-state index in [-0.39, 0.29) is 0 Å². The largest absolute Gasteiger partial charge is 0.481 e. The maximum Gasteiger partial charge on any atom is 0.312 e. The highest BCUT2D eigenvalue weighted by Gasteiger charge is 2.40. The van der Waals surface area contributed by atoms with Crippen molar-refractivity contribution in [3.05, 3.63) is 34.9 Å². The van der Waals surface area contributed by atoms with Crippen LogP contribution in [0.2, 0.25) is 5.02 Å². The Labute approximate surface area is 110 Å². The van der Waals surface area contributed by atoms with E-state index in [0.717, 1.165) is 24.8 Å². The molecule has 0 aromatic heterocycles. The second-order valence-electron chi connectivity index (χ2n) is 4.56. The SMILES string of the molecule is O=C(O)CC(=O)NC1(c2ccc(Cl)cc2)CCC1. The van der Waals surface area contributed by atoms with Crippen LogP contribution in [0, 0.1) is 0 Å². The van der Waals surface area contributed by atoms with E-state index in [0.29, 0.717) is 5.02 Å². The van der Waals surface area contributed by atoms with Crippen LogP contribution in [0.5, 0.6) is 0 Å². The Kier molecular flexibility index (Phi) is 3.57. The van der Waals surface area contributed by atoms with Crippen LogP contribution in [0.15, 0.2) is 24.3 Å². The molecule has 0 atom stereocenters. The minimum atomic E-state index is -1.11. The molecule has 0 bridgehead atoms. The average Bonchev–Trinajstić information content (AvgIpc) is 2.24. The van der Waals surface area contributed by atoms with Crippen molar-refractivity contribution in [2.24, 2.45) is 0 Å². The number of rotatable bonds is 4. The van der Waals surface area contributed by atoms with Gasteiger partial charge in [0.05, 0.1) is 5.54 Å². The summed E-state index contributed by atoms with van der Waals surface area (Å²) in [5, 5.41) is 12.1. The summed E-state index contributed by atoms with van der Waals surface area (Å²) in [6.45, 7) is 0. The molecule has 0 saturated heterocycles. The monoisotopic (exact) mass is 267 g/mol. The van der Waals surface area contributed by atoms with E-state index in [1.165, 1.54) is 0 Å². The third kappa shape index (κ3) is 2.64. The van der Waals surface area contributed by atoms with Gasteiger partial charge in [-0.3, -0.25) is 9.59 Å². The highest BCUT2D eigenvalue weighted by Crippen LogP contribution is 2.41. The first-order chi connectivity index (χ1) is 8.52. The Morgan fingerprint density at radius 3 is 2.33 bits per heavy atom. The fourth-order valence-electron chi connectivity index (χ4n) is 2.23. The van der Waals surface area contributed by atoms with Gasteiger partial charge in [-0.2, -0.15) is 0 Å². The minimum Gasteiger partial charge on any atom is -0.481 e. The van der Waals surface area contributed by atoms with Crippen LogP contribution < -0.4 is 5.32 Å². The van der Waals surface area contributed by atoms with E-state index in [1.54, 1.807) is 12.1 Å². The molecular weight excluding hydrogens is 254 g/mol. The van der Waals surface area contributed by atoms with Crippen LogP contribution in [0.1, 0.15) is 31.2 Å². The number of hydrogen-bond acceptors (Lipinski definition) is 2. The summed E-state index contributed by atoms with van der Waals surface area (Å²) < 4.78 is 0. The molecule has 1 aliphatic carbocycles. The molecule has 18 heavy (non-hydrogen) atoms. The predicted molar refractivity (Wildman–Crippen MR) is 67.4 cm³/mol. The predicted octanol–water partition coefficient (Wildman–Crippen LogP) is 2.31. The van der Waals surface area contributed by atoms with Gasteiger partial charge in [0.25, 0.3) is 0 Å². The smallest absolute Gasteiger partial charge is 0.312 e. The molecule has 1 fully saturated rings. The summed E-state index contributed by atoms with van der Waals surface area (Å²) in [5.41, 5.74) is 0.578. The molecule has 5 heteroatoms. The van der Waals surface area contributed by atoms with Gasteiger partial charge in [-0.1, -0.05) is 23.7 Å². The first-order valence-corrected chi connectivity index (χ1v) is 6.18. The normalized spacial score (nSPS) is 16.7. The van der Waals surface area contributed by atoms with E-state index in [1.807, 2.05) is 12.1 Å². The zero-order valence-corrected chi connectivity index (χ0v) is 10.5. The van der Waals surface area contributed by atoms with Crippen molar-refractivity contribution < 1.29 is 14.7 Å². The summed E-state index contributed by atoms with van der Waals surface area (Å²) >= 11 is 5.83. The first kappa shape index (κ1) is 12.9. The van der Waals surface area contributed by atoms with Gasteiger partial charge in [-0.05, 0) is 37.0 Å². The molecule has 4 nitrogen and oxygen atoms in total. The van der Waals surface area contributed by atoms with Gasteiger partial charge in [0.15, 0.2) is 0 Å². The van der Waals surface area contributed by atoms with Gasteiger partial charge in [-0.25, -0.2) is 0 Å². The molecule has 1 aliphatic rings. The Morgan fingerprint density at radius 1 is 1.28 bits per heavy atom. The van der Waals surface area contributed by atoms with E-state index >= 15 is 0 Å². The number of amides is 1. The summed E-state index contributed by atoms with van der Waals surface area (Å²) in [6, 6.07) is 7.31. The fraction of sp³-hybridized carbons (Fsp3) is 0.385. The molecule has 0 radical (unpaired) electrons. The third-order valence-electron chi connectivity index (χ3n) is 3.29. The molecule has 1 saturated carbocycles. The van der Waals surface area contributed by atoms with Gasteiger partial charge in [0.2, 0.25) is 5.91 Å². The van der Waals surface area contributed by atoms with Crippen molar-refractivity contribution in [3.8, 4) is 0 Å². The highest BCUT2D eigenvalue weighted by atomic mass is 35.5. The molecule has 1 amide bonds. The maximum absolute atomic E-state index is 11.6.